The summed E-state index contributed by atoms with van der Waals surface area (Å²) in [4.78, 5) is 37.6. The number of rotatable bonds is 10. The van der Waals surface area contributed by atoms with E-state index in [0.717, 1.165) is 5.56 Å². The lowest BCUT2D eigenvalue weighted by atomic mass is 10.1. The van der Waals surface area contributed by atoms with Gasteiger partial charge in [0.25, 0.3) is 21.8 Å². The van der Waals surface area contributed by atoms with Crippen molar-refractivity contribution in [1.82, 2.24) is 30.3 Å². The predicted molar refractivity (Wildman–Crippen MR) is 141 cm³/mol. The van der Waals surface area contributed by atoms with Gasteiger partial charge in [0.15, 0.2) is 16.5 Å². The van der Waals surface area contributed by atoms with Gasteiger partial charge in [0.1, 0.15) is 0 Å². The van der Waals surface area contributed by atoms with Gasteiger partial charge in [-0.1, -0.05) is 48.5 Å². The van der Waals surface area contributed by atoms with Gasteiger partial charge in [0.2, 0.25) is 0 Å². The number of nitrogens with two attached hydrogens (primary N) is 1. The first-order chi connectivity index (χ1) is 18.3. The van der Waals surface area contributed by atoms with E-state index < -0.39 is 15.9 Å². The highest BCUT2D eigenvalue weighted by molar-refractivity contribution is 7.89. The van der Waals surface area contributed by atoms with Crippen molar-refractivity contribution < 1.29 is 18.0 Å². The average Bonchev–Trinajstić information content (AvgIpc) is 2.95. The highest BCUT2D eigenvalue weighted by Crippen LogP contribution is 2.20. The summed E-state index contributed by atoms with van der Waals surface area (Å²) in [6.45, 7) is 0.291. The quantitative estimate of drug-likeness (QED) is 0.224. The maximum absolute atomic E-state index is 12.7. The molecule has 194 valence electrons. The molecule has 0 fully saturated rings. The summed E-state index contributed by atoms with van der Waals surface area (Å²) in [7, 11) is -3.80. The second-order valence-corrected chi connectivity index (χ2v) is 9.77. The molecule has 2 aromatic carbocycles. The van der Waals surface area contributed by atoms with E-state index in [1.54, 1.807) is 36.4 Å². The van der Waals surface area contributed by atoms with Gasteiger partial charge in [-0.2, -0.15) is 0 Å². The molecule has 0 aliphatic rings. The zero-order chi connectivity index (χ0) is 27.0. The number of amides is 2. The van der Waals surface area contributed by atoms with Gasteiger partial charge >= 0.3 is 0 Å². The number of aromatic nitrogens is 3. The lowest BCUT2D eigenvalue weighted by Gasteiger charge is -2.10. The minimum absolute atomic E-state index is 0.0205. The molecule has 11 nitrogen and oxygen atoms in total. The second kappa shape index (κ2) is 12.0. The molecule has 0 atom stereocenters. The molecule has 0 radical (unpaired) electrons. The smallest absolute Gasteiger partial charge is 0.273 e. The number of benzene rings is 2. The van der Waals surface area contributed by atoms with E-state index in [1.807, 2.05) is 30.3 Å². The van der Waals surface area contributed by atoms with Gasteiger partial charge in [0.05, 0.1) is 11.9 Å². The number of nitrogens with one attached hydrogen (secondary N) is 3. The monoisotopic (exact) mass is 531 g/mol. The van der Waals surface area contributed by atoms with Crippen molar-refractivity contribution in [2.45, 2.75) is 11.6 Å². The molecule has 0 saturated carbocycles. The van der Waals surface area contributed by atoms with Crippen LogP contribution in [0.1, 0.15) is 26.4 Å². The van der Waals surface area contributed by atoms with Crippen LogP contribution in [0.15, 0.2) is 90.2 Å². The molecule has 4 aromatic rings. The number of nitrogens with zero attached hydrogens (tertiary/aromatic N) is 3. The van der Waals surface area contributed by atoms with Crippen LogP contribution >= 0.6 is 0 Å². The third-order valence-electron chi connectivity index (χ3n) is 5.35. The first-order valence-electron chi connectivity index (χ1n) is 11.6. The topological polar surface area (TPSA) is 169 Å². The summed E-state index contributed by atoms with van der Waals surface area (Å²) in [6.07, 6.45) is 2.78. The third-order valence-corrected chi connectivity index (χ3v) is 6.72. The lowest BCUT2D eigenvalue weighted by Crippen LogP contribution is -2.35. The molecule has 2 heterocycles. The van der Waals surface area contributed by atoms with Crippen LogP contribution in [0.5, 0.6) is 0 Å². The fraction of sp³-hybridized carbons (Fsp3) is 0.115. The molecule has 5 N–H and O–H groups in total. The maximum atomic E-state index is 12.7. The SMILES string of the molecule is Nc1ncc(-c2cccc(C(=O)NCc3ccccc3)c2)nc1C(=O)NCCNS(=O)(=O)c1ccccn1. The summed E-state index contributed by atoms with van der Waals surface area (Å²) in [5.41, 5.74) is 8.07. The van der Waals surface area contributed by atoms with Crippen LogP contribution in [0.3, 0.4) is 0 Å². The van der Waals surface area contributed by atoms with Crippen LogP contribution in [-0.2, 0) is 16.6 Å². The van der Waals surface area contributed by atoms with Gasteiger partial charge < -0.3 is 16.4 Å². The van der Waals surface area contributed by atoms with Gasteiger partial charge in [0, 0.05) is 37.0 Å². The Bertz CT molecular complexity index is 1530. The standard InChI is InChI=1S/C26H25N7O4S/c27-24-23(26(35)29-13-14-32-38(36,37)22-11-4-5-12-28-22)33-21(17-30-24)19-9-6-10-20(15-19)25(34)31-16-18-7-2-1-3-8-18/h1-12,15,17,32H,13-14,16H2,(H2,27,30)(H,29,35)(H,31,34). The van der Waals surface area contributed by atoms with Crippen molar-refractivity contribution in [2.24, 2.45) is 0 Å². The van der Waals surface area contributed by atoms with Gasteiger partial charge in [-0.05, 0) is 29.8 Å². The molecule has 12 heteroatoms. The Morgan fingerprint density at radius 2 is 1.63 bits per heavy atom. The number of nitrogen functional groups attached to an aromatic ring is 1. The fourth-order valence-corrected chi connectivity index (χ4v) is 4.41. The number of sulfonamides is 1. The Balaban J connectivity index is 1.39. The summed E-state index contributed by atoms with van der Waals surface area (Å²) >= 11 is 0. The van der Waals surface area contributed by atoms with Crippen molar-refractivity contribution in [2.75, 3.05) is 18.8 Å². The van der Waals surface area contributed by atoms with Crippen molar-refractivity contribution >= 4 is 27.7 Å². The average molecular weight is 532 g/mol. The molecular formula is C26H25N7O4S. The molecule has 0 aliphatic carbocycles. The summed E-state index contributed by atoms with van der Waals surface area (Å²) < 4.78 is 26.8. The molecule has 2 amide bonds. The molecule has 38 heavy (non-hydrogen) atoms. The Hall–Kier alpha value is -4.68. The Kier molecular flexibility index (Phi) is 8.36. The summed E-state index contributed by atoms with van der Waals surface area (Å²) in [5, 5.41) is 5.32. The van der Waals surface area contributed by atoms with Crippen molar-refractivity contribution in [3.63, 3.8) is 0 Å². The van der Waals surface area contributed by atoms with Gasteiger partial charge in [-0.15, -0.1) is 0 Å². The molecule has 0 bridgehead atoms. The van der Waals surface area contributed by atoms with Gasteiger partial charge in [-0.3, -0.25) is 9.59 Å². The van der Waals surface area contributed by atoms with Crippen molar-refractivity contribution in [3.05, 3.63) is 102 Å². The number of hydrogen-bond donors (Lipinski definition) is 4. The maximum Gasteiger partial charge on any atom is 0.273 e. The summed E-state index contributed by atoms with van der Waals surface area (Å²) in [5.74, 6) is -0.965. The zero-order valence-corrected chi connectivity index (χ0v) is 21.0. The van der Waals surface area contributed by atoms with Crippen LogP contribution in [-0.4, -0.2) is 48.3 Å². The zero-order valence-electron chi connectivity index (χ0n) is 20.2. The third kappa shape index (κ3) is 6.75. The van der Waals surface area contributed by atoms with Crippen molar-refractivity contribution in [3.8, 4) is 11.3 Å². The molecule has 4 rings (SSSR count). The van der Waals surface area contributed by atoms with Crippen molar-refractivity contribution in [1.29, 1.82) is 0 Å². The van der Waals surface area contributed by atoms with Crippen LogP contribution < -0.4 is 21.1 Å². The van der Waals surface area contributed by atoms with Crippen LogP contribution in [0.4, 0.5) is 5.82 Å². The van der Waals surface area contributed by atoms with E-state index in [-0.39, 0.29) is 35.5 Å². The van der Waals surface area contributed by atoms with E-state index in [1.165, 1.54) is 18.5 Å². The number of anilines is 1. The molecule has 0 saturated heterocycles. The molecule has 0 aliphatic heterocycles. The molecule has 2 aromatic heterocycles. The normalized spacial score (nSPS) is 11.1. The fourth-order valence-electron chi connectivity index (χ4n) is 3.43. The van der Waals surface area contributed by atoms with E-state index >= 15 is 0 Å². The van der Waals surface area contributed by atoms with Crippen LogP contribution in [0, 0.1) is 0 Å². The minimum atomic E-state index is -3.80. The van der Waals surface area contributed by atoms with E-state index in [9.17, 15) is 18.0 Å². The number of hydrogen-bond acceptors (Lipinski definition) is 8. The lowest BCUT2D eigenvalue weighted by molar-refractivity contribution is 0.0942. The van der Waals surface area contributed by atoms with E-state index in [2.05, 4.69) is 30.3 Å². The highest BCUT2D eigenvalue weighted by Gasteiger charge is 2.17. The Labute approximate surface area is 219 Å². The number of pyridine rings is 1. The minimum Gasteiger partial charge on any atom is -0.382 e. The van der Waals surface area contributed by atoms with E-state index in [0.29, 0.717) is 23.4 Å². The largest absolute Gasteiger partial charge is 0.382 e. The number of carbonyl (C=O) groups is 2. The number of carbonyl (C=O) groups excluding carboxylic acids is 2. The predicted octanol–water partition coefficient (Wildman–Crippen LogP) is 1.76. The van der Waals surface area contributed by atoms with Crippen LogP contribution in [0.25, 0.3) is 11.3 Å². The van der Waals surface area contributed by atoms with E-state index in [4.69, 9.17) is 5.73 Å². The molecule has 0 unspecified atom stereocenters. The van der Waals surface area contributed by atoms with Crippen LogP contribution in [0.2, 0.25) is 0 Å². The second-order valence-electron chi connectivity index (χ2n) is 8.06. The first-order valence-corrected chi connectivity index (χ1v) is 13.1. The summed E-state index contributed by atoms with van der Waals surface area (Å²) in [6, 6.07) is 20.8. The highest BCUT2D eigenvalue weighted by atomic mass is 32.2. The Morgan fingerprint density at radius 3 is 2.39 bits per heavy atom. The first kappa shape index (κ1) is 26.4. The molecule has 0 spiro atoms. The Morgan fingerprint density at radius 1 is 0.842 bits per heavy atom. The molecular weight excluding hydrogens is 506 g/mol. The van der Waals surface area contributed by atoms with Gasteiger partial charge in [-0.25, -0.2) is 28.1 Å².